The lowest BCUT2D eigenvalue weighted by atomic mass is 9.99. The standard InChI is InChI=1S/C13H26O9/c1-6(16)12(7(20-2)3-4-14)22-13-11(19)10(18)9(17)8(5-15)21-13/h6-19H,3-5H2,1-2H3/t6-,7+,8-,9-,10+,11-,12-,13+/m1/s1. The van der Waals surface area contributed by atoms with E-state index in [1.807, 2.05) is 0 Å². The van der Waals surface area contributed by atoms with Crippen molar-refractivity contribution in [1.82, 2.24) is 0 Å². The van der Waals surface area contributed by atoms with Crippen molar-refractivity contribution < 1.29 is 44.8 Å². The van der Waals surface area contributed by atoms with E-state index in [9.17, 15) is 20.4 Å². The van der Waals surface area contributed by atoms with Gasteiger partial charge in [-0.1, -0.05) is 0 Å². The highest BCUT2D eigenvalue weighted by atomic mass is 16.7. The van der Waals surface area contributed by atoms with Gasteiger partial charge in [0, 0.05) is 13.7 Å². The first kappa shape index (κ1) is 19.7. The Hall–Kier alpha value is -0.360. The van der Waals surface area contributed by atoms with Crippen LogP contribution in [0.3, 0.4) is 0 Å². The number of rotatable bonds is 8. The van der Waals surface area contributed by atoms with E-state index in [2.05, 4.69) is 0 Å². The molecule has 9 heteroatoms. The Bertz CT molecular complexity index is 312. The molecule has 0 unspecified atom stereocenters. The first-order valence-electron chi connectivity index (χ1n) is 7.15. The van der Waals surface area contributed by atoms with Crippen LogP contribution in [0.15, 0.2) is 0 Å². The quantitative estimate of drug-likeness (QED) is 0.273. The SMILES string of the molecule is CO[C@@H](CCO)[C@H](O[C@@H]1O[C@H](CO)[C@@H](O)[C@H](O)[C@H]1O)[C@@H](C)O. The first-order chi connectivity index (χ1) is 10.4. The van der Waals surface area contributed by atoms with Gasteiger partial charge in [-0.2, -0.15) is 0 Å². The summed E-state index contributed by atoms with van der Waals surface area (Å²) in [6.07, 6.45) is -9.53. The van der Waals surface area contributed by atoms with Crippen LogP contribution in [-0.2, 0) is 14.2 Å². The molecule has 0 bridgehead atoms. The van der Waals surface area contributed by atoms with Crippen LogP contribution in [-0.4, -0.2) is 100.0 Å². The minimum absolute atomic E-state index is 0.184. The second-order valence-electron chi connectivity index (χ2n) is 5.33. The molecule has 1 heterocycles. The molecule has 8 atom stereocenters. The molecule has 1 aliphatic rings. The first-order valence-corrected chi connectivity index (χ1v) is 7.15. The number of aliphatic hydroxyl groups excluding tert-OH is 6. The Morgan fingerprint density at radius 1 is 1.09 bits per heavy atom. The van der Waals surface area contributed by atoms with Gasteiger partial charge in [-0.15, -0.1) is 0 Å². The summed E-state index contributed by atoms with van der Waals surface area (Å²) in [5, 5.41) is 57.3. The van der Waals surface area contributed by atoms with Crippen LogP contribution in [0.25, 0.3) is 0 Å². The van der Waals surface area contributed by atoms with Gasteiger partial charge in [0.15, 0.2) is 6.29 Å². The molecule has 1 aliphatic heterocycles. The van der Waals surface area contributed by atoms with Gasteiger partial charge < -0.3 is 44.8 Å². The Balaban J connectivity index is 2.82. The lowest BCUT2D eigenvalue weighted by Crippen LogP contribution is -2.60. The molecule has 22 heavy (non-hydrogen) atoms. The molecular formula is C13H26O9. The fourth-order valence-electron chi connectivity index (χ4n) is 2.39. The summed E-state index contributed by atoms with van der Waals surface area (Å²) in [5.74, 6) is 0. The van der Waals surface area contributed by atoms with E-state index in [1.54, 1.807) is 0 Å². The highest BCUT2D eigenvalue weighted by Gasteiger charge is 2.45. The van der Waals surface area contributed by atoms with Gasteiger partial charge in [0.2, 0.25) is 0 Å². The Morgan fingerprint density at radius 2 is 1.73 bits per heavy atom. The number of aliphatic hydroxyl groups is 6. The van der Waals surface area contributed by atoms with Gasteiger partial charge >= 0.3 is 0 Å². The predicted molar refractivity (Wildman–Crippen MR) is 72.8 cm³/mol. The minimum Gasteiger partial charge on any atom is -0.396 e. The average molecular weight is 326 g/mol. The maximum atomic E-state index is 9.92. The highest BCUT2D eigenvalue weighted by Crippen LogP contribution is 2.25. The molecule has 0 spiro atoms. The normalized spacial score (nSPS) is 36.8. The van der Waals surface area contributed by atoms with Gasteiger partial charge in [-0.3, -0.25) is 0 Å². The van der Waals surface area contributed by atoms with E-state index in [0.29, 0.717) is 0 Å². The zero-order valence-corrected chi connectivity index (χ0v) is 12.6. The van der Waals surface area contributed by atoms with E-state index in [-0.39, 0.29) is 13.0 Å². The maximum Gasteiger partial charge on any atom is 0.187 e. The van der Waals surface area contributed by atoms with E-state index in [0.717, 1.165) is 0 Å². The molecule has 0 radical (unpaired) electrons. The Kier molecular flexibility index (Phi) is 8.11. The van der Waals surface area contributed by atoms with Gasteiger partial charge in [-0.25, -0.2) is 0 Å². The minimum atomic E-state index is -1.57. The topological polar surface area (TPSA) is 149 Å². The van der Waals surface area contributed by atoms with Crippen LogP contribution in [0.2, 0.25) is 0 Å². The lowest BCUT2D eigenvalue weighted by Gasteiger charge is -2.42. The van der Waals surface area contributed by atoms with Crippen LogP contribution >= 0.6 is 0 Å². The Morgan fingerprint density at radius 3 is 2.18 bits per heavy atom. The van der Waals surface area contributed by atoms with Gasteiger partial charge in [-0.05, 0) is 13.3 Å². The molecule has 0 amide bonds. The summed E-state index contributed by atoms with van der Waals surface area (Å²) < 4.78 is 15.9. The van der Waals surface area contributed by atoms with Crippen LogP contribution in [0.1, 0.15) is 13.3 Å². The number of ether oxygens (including phenoxy) is 3. The van der Waals surface area contributed by atoms with Crippen molar-refractivity contribution in [2.75, 3.05) is 20.3 Å². The zero-order chi connectivity index (χ0) is 16.9. The van der Waals surface area contributed by atoms with Crippen LogP contribution in [0.5, 0.6) is 0 Å². The van der Waals surface area contributed by atoms with Crippen molar-refractivity contribution >= 4 is 0 Å². The molecule has 0 aromatic carbocycles. The van der Waals surface area contributed by atoms with Gasteiger partial charge in [0.25, 0.3) is 0 Å². The lowest BCUT2D eigenvalue weighted by molar-refractivity contribution is -0.324. The second-order valence-corrected chi connectivity index (χ2v) is 5.33. The van der Waals surface area contributed by atoms with Crippen molar-refractivity contribution in [3.63, 3.8) is 0 Å². The second kappa shape index (κ2) is 9.06. The molecule has 1 saturated heterocycles. The summed E-state index contributed by atoms with van der Waals surface area (Å²) in [6.45, 7) is 0.673. The average Bonchev–Trinajstić information content (AvgIpc) is 2.50. The molecule has 6 N–H and O–H groups in total. The van der Waals surface area contributed by atoms with Crippen molar-refractivity contribution in [2.45, 2.75) is 62.4 Å². The number of methoxy groups -OCH3 is 1. The monoisotopic (exact) mass is 326 g/mol. The summed E-state index contributed by atoms with van der Waals surface area (Å²) in [6, 6.07) is 0. The summed E-state index contributed by atoms with van der Waals surface area (Å²) >= 11 is 0. The smallest absolute Gasteiger partial charge is 0.187 e. The number of hydrogen-bond donors (Lipinski definition) is 6. The molecule has 9 nitrogen and oxygen atoms in total. The van der Waals surface area contributed by atoms with Crippen molar-refractivity contribution in [1.29, 1.82) is 0 Å². The van der Waals surface area contributed by atoms with Crippen molar-refractivity contribution in [2.24, 2.45) is 0 Å². The van der Waals surface area contributed by atoms with E-state index in [1.165, 1.54) is 14.0 Å². The largest absolute Gasteiger partial charge is 0.396 e. The number of hydrogen-bond acceptors (Lipinski definition) is 9. The van der Waals surface area contributed by atoms with Gasteiger partial charge in [0.1, 0.15) is 30.5 Å². The van der Waals surface area contributed by atoms with E-state index >= 15 is 0 Å². The molecule has 132 valence electrons. The zero-order valence-electron chi connectivity index (χ0n) is 12.6. The third-order valence-electron chi connectivity index (χ3n) is 3.70. The summed E-state index contributed by atoms with van der Waals surface area (Å²) in [5.41, 5.74) is 0. The van der Waals surface area contributed by atoms with Gasteiger partial charge in [0.05, 0.1) is 18.8 Å². The van der Waals surface area contributed by atoms with Crippen molar-refractivity contribution in [3.8, 4) is 0 Å². The van der Waals surface area contributed by atoms with Crippen LogP contribution in [0.4, 0.5) is 0 Å². The molecule has 1 rings (SSSR count). The van der Waals surface area contributed by atoms with E-state index < -0.39 is 55.6 Å². The summed E-state index contributed by atoms with van der Waals surface area (Å²) in [4.78, 5) is 0. The predicted octanol–water partition coefficient (Wildman–Crippen LogP) is -3.05. The molecule has 0 aliphatic carbocycles. The highest BCUT2D eigenvalue weighted by molar-refractivity contribution is 4.90. The molecule has 0 saturated carbocycles. The fraction of sp³-hybridized carbons (Fsp3) is 1.00. The van der Waals surface area contributed by atoms with E-state index in [4.69, 9.17) is 24.4 Å². The third kappa shape index (κ3) is 4.57. The third-order valence-corrected chi connectivity index (χ3v) is 3.70. The van der Waals surface area contributed by atoms with Crippen LogP contribution < -0.4 is 0 Å². The maximum absolute atomic E-state index is 9.92. The van der Waals surface area contributed by atoms with Crippen LogP contribution in [0, 0.1) is 0 Å². The molecule has 1 fully saturated rings. The molecule has 0 aromatic heterocycles. The molecule has 0 aromatic rings. The van der Waals surface area contributed by atoms with Crippen molar-refractivity contribution in [3.05, 3.63) is 0 Å². The Labute approximate surface area is 128 Å². The summed E-state index contributed by atoms with van der Waals surface area (Å²) in [7, 11) is 1.38. The fourth-order valence-corrected chi connectivity index (χ4v) is 2.39. The molecular weight excluding hydrogens is 300 g/mol.